The molecule has 0 radical (unpaired) electrons. The van der Waals surface area contributed by atoms with Crippen molar-refractivity contribution in [1.29, 1.82) is 0 Å². The monoisotopic (exact) mass is 581 g/mol. The maximum atomic E-state index is 13.0. The number of ketones is 1. The normalized spacial score (nSPS) is 16.0. The van der Waals surface area contributed by atoms with Gasteiger partial charge in [0.2, 0.25) is 0 Å². The molecule has 0 aliphatic carbocycles. The first-order valence-corrected chi connectivity index (χ1v) is 15.2. The van der Waals surface area contributed by atoms with Gasteiger partial charge in [0.25, 0.3) is 0 Å². The van der Waals surface area contributed by atoms with E-state index in [0.29, 0.717) is 28.5 Å². The van der Waals surface area contributed by atoms with Crippen LogP contribution in [0.5, 0.6) is 0 Å². The molecule has 3 aromatic rings. The number of carbonyl (C=O) groups excluding carboxylic acids is 1. The molecule has 8 nitrogen and oxygen atoms in total. The highest BCUT2D eigenvalue weighted by Crippen LogP contribution is 2.30. The molecule has 43 heavy (non-hydrogen) atoms. The second-order valence-electron chi connectivity index (χ2n) is 10.9. The lowest BCUT2D eigenvalue weighted by atomic mass is 9.96. The number of benzene rings is 1. The van der Waals surface area contributed by atoms with Crippen molar-refractivity contribution in [3.05, 3.63) is 88.0 Å². The van der Waals surface area contributed by atoms with Gasteiger partial charge < -0.3 is 20.0 Å². The van der Waals surface area contributed by atoms with Crippen molar-refractivity contribution >= 4 is 34.2 Å². The fourth-order valence-corrected chi connectivity index (χ4v) is 5.03. The van der Waals surface area contributed by atoms with Gasteiger partial charge in [0, 0.05) is 61.2 Å². The third-order valence-electron chi connectivity index (χ3n) is 7.74. The van der Waals surface area contributed by atoms with E-state index in [-0.39, 0.29) is 17.1 Å². The Labute approximate surface area is 254 Å². The van der Waals surface area contributed by atoms with Gasteiger partial charge in [-0.2, -0.15) is 0 Å². The van der Waals surface area contributed by atoms with Gasteiger partial charge in [0.05, 0.1) is 5.39 Å². The van der Waals surface area contributed by atoms with E-state index in [4.69, 9.17) is 9.41 Å². The molecule has 1 saturated heterocycles. The number of aromatic nitrogens is 1. The summed E-state index contributed by atoms with van der Waals surface area (Å²) in [6.45, 7) is 15.1. The summed E-state index contributed by atoms with van der Waals surface area (Å²) in [7, 11) is 0. The molecule has 3 heterocycles. The number of para-hydroxylation sites is 1. The van der Waals surface area contributed by atoms with Crippen LogP contribution in [0.1, 0.15) is 54.4 Å². The van der Waals surface area contributed by atoms with Crippen molar-refractivity contribution in [3.63, 3.8) is 0 Å². The van der Waals surface area contributed by atoms with Crippen molar-refractivity contribution in [2.24, 2.45) is 10.9 Å². The van der Waals surface area contributed by atoms with Gasteiger partial charge in [-0.1, -0.05) is 39.0 Å². The first kappa shape index (κ1) is 31.6. The number of piperazine rings is 1. The first-order chi connectivity index (χ1) is 20.7. The van der Waals surface area contributed by atoms with Gasteiger partial charge >= 0.3 is 0 Å². The summed E-state index contributed by atoms with van der Waals surface area (Å²) in [6.07, 6.45) is 9.27. The third-order valence-corrected chi connectivity index (χ3v) is 7.74. The molecular weight excluding hydrogens is 538 g/mol. The van der Waals surface area contributed by atoms with Crippen molar-refractivity contribution in [2.45, 2.75) is 54.4 Å². The zero-order chi connectivity index (χ0) is 30.9. The number of Topliss-reactive ketones (excluding diaryl/α,β-unsaturated/α-hetero) is 1. The summed E-state index contributed by atoms with van der Waals surface area (Å²) in [6, 6.07) is 11.1. The number of pyridine rings is 1. The number of anilines is 2. The molecule has 4 rings (SSSR count). The Balaban J connectivity index is 1.58. The second-order valence-corrected chi connectivity index (χ2v) is 10.9. The highest BCUT2D eigenvalue weighted by Gasteiger charge is 2.17. The average molecular weight is 582 g/mol. The van der Waals surface area contributed by atoms with E-state index >= 15 is 0 Å². The molecule has 2 N–H and O–H groups in total. The van der Waals surface area contributed by atoms with Crippen molar-refractivity contribution < 1.29 is 9.21 Å². The number of hydrogen-bond donors (Lipinski definition) is 2. The summed E-state index contributed by atoms with van der Waals surface area (Å²) < 4.78 is 6.33. The first-order valence-electron chi connectivity index (χ1n) is 15.2. The quantitative estimate of drug-likeness (QED) is 0.144. The molecule has 1 aliphatic heterocycles. The lowest BCUT2D eigenvalue weighted by Crippen LogP contribution is -2.43. The minimum Gasteiger partial charge on any atom is -0.440 e. The number of rotatable bonds is 11. The smallest absolute Gasteiger partial charge is 0.200 e. The summed E-state index contributed by atoms with van der Waals surface area (Å²) in [5, 5.41) is 7.21. The molecule has 1 atom stereocenters. The maximum Gasteiger partial charge on any atom is 0.200 e. The van der Waals surface area contributed by atoms with Gasteiger partial charge in [-0.3, -0.25) is 9.59 Å². The molecule has 0 spiro atoms. The number of carbonyl (C=O) groups is 1. The highest BCUT2D eigenvalue weighted by molar-refractivity contribution is 6.04. The minimum absolute atomic E-state index is 0.00275. The number of allylic oxidation sites excluding steroid dienone is 5. The van der Waals surface area contributed by atoms with Crippen molar-refractivity contribution in [1.82, 2.24) is 10.3 Å². The topological polar surface area (TPSA) is 99.8 Å². The van der Waals surface area contributed by atoms with Gasteiger partial charge in [-0.15, -0.1) is 0 Å². The lowest BCUT2D eigenvalue weighted by molar-refractivity contribution is -0.118. The van der Waals surface area contributed by atoms with Crippen molar-refractivity contribution in [2.75, 3.05) is 36.4 Å². The lowest BCUT2D eigenvalue weighted by Gasteiger charge is -2.27. The number of nitrogens with zero attached hydrogens (tertiary/aromatic N) is 3. The Morgan fingerprint density at radius 2 is 1.95 bits per heavy atom. The highest BCUT2D eigenvalue weighted by atomic mass is 16.4. The van der Waals surface area contributed by atoms with Crippen LogP contribution in [0.4, 0.5) is 11.7 Å². The Hall–Kier alpha value is -4.30. The van der Waals surface area contributed by atoms with Gasteiger partial charge in [-0.25, -0.2) is 9.98 Å². The summed E-state index contributed by atoms with van der Waals surface area (Å²) >= 11 is 0. The molecular formula is C35H43N5O3. The van der Waals surface area contributed by atoms with Crippen molar-refractivity contribution in [3.8, 4) is 11.1 Å². The third kappa shape index (κ3) is 7.76. The van der Waals surface area contributed by atoms with E-state index in [9.17, 15) is 9.59 Å². The number of hydrogen-bond acceptors (Lipinski definition) is 8. The molecule has 1 aromatic carbocycles. The van der Waals surface area contributed by atoms with Crippen LogP contribution in [0.15, 0.2) is 92.0 Å². The molecule has 0 bridgehead atoms. The second kappa shape index (κ2) is 14.7. The molecule has 0 amide bonds. The van der Waals surface area contributed by atoms with Crippen LogP contribution in [-0.4, -0.2) is 42.7 Å². The molecule has 226 valence electrons. The molecule has 0 saturated carbocycles. The van der Waals surface area contributed by atoms with Gasteiger partial charge in [0.15, 0.2) is 17.1 Å². The number of aliphatic imine (C=N–C) groups is 1. The Bertz CT molecular complexity index is 1620. The average Bonchev–Trinajstić information content (AvgIpc) is 3.03. The molecule has 1 aliphatic rings. The van der Waals surface area contributed by atoms with E-state index < -0.39 is 0 Å². The zero-order valence-electron chi connectivity index (χ0n) is 26.2. The Morgan fingerprint density at radius 3 is 2.60 bits per heavy atom. The van der Waals surface area contributed by atoms with E-state index in [0.717, 1.165) is 67.0 Å². The standard InChI is InChI=1S/C35H43N5O3/c1-7-11-32(38-25(6)26(9-3)20-24(5)34(42)23(4)8-2)39-31-15-14-27(22-37-31)28-12-10-13-29-30(41)21-33(43-35(28)29)40-18-16-36-17-19-40/h9-15,20-23,36H,7-8,16-19H2,1-6H3,(H,37,39)/b24-20+,26-9-,32-11-,38-25-. The molecule has 8 heteroatoms. The van der Waals surface area contributed by atoms with Crippen LogP contribution in [0.2, 0.25) is 0 Å². The SMILES string of the molecule is C/C=C(/C=C(\C)C(=O)C(C)CC)C(\C)=N/C(=C/CC)Nc1ccc(-c2cccc3c(=O)cc(N4CCNCC4)oc23)cn1. The number of nitrogens with one attached hydrogen (secondary N) is 2. The maximum absolute atomic E-state index is 13.0. The molecule has 2 aromatic heterocycles. The zero-order valence-corrected chi connectivity index (χ0v) is 26.2. The molecule has 1 fully saturated rings. The Morgan fingerprint density at radius 1 is 1.19 bits per heavy atom. The molecule has 1 unspecified atom stereocenters. The van der Waals surface area contributed by atoms with E-state index in [1.807, 2.05) is 77.1 Å². The van der Waals surface area contributed by atoms with E-state index in [2.05, 4.69) is 27.4 Å². The van der Waals surface area contributed by atoms with Crippen LogP contribution >= 0.6 is 0 Å². The Kier molecular flexibility index (Phi) is 10.8. The predicted molar refractivity (Wildman–Crippen MR) is 178 cm³/mol. The van der Waals surface area contributed by atoms with E-state index in [1.54, 1.807) is 18.3 Å². The van der Waals surface area contributed by atoms with Crippen LogP contribution < -0.4 is 21.0 Å². The van der Waals surface area contributed by atoms with E-state index in [1.165, 1.54) is 0 Å². The summed E-state index contributed by atoms with van der Waals surface area (Å²) in [5.74, 6) is 2.07. The van der Waals surface area contributed by atoms with Crippen LogP contribution in [-0.2, 0) is 4.79 Å². The fourth-order valence-electron chi connectivity index (χ4n) is 5.03. The fraction of sp³-hybridized carbons (Fsp3) is 0.371. The minimum atomic E-state index is -0.0553. The largest absolute Gasteiger partial charge is 0.440 e. The summed E-state index contributed by atoms with van der Waals surface area (Å²) in [5.41, 5.74) is 4.60. The van der Waals surface area contributed by atoms with Gasteiger partial charge in [0.1, 0.15) is 17.2 Å². The predicted octanol–water partition coefficient (Wildman–Crippen LogP) is 6.90. The van der Waals surface area contributed by atoms with Crippen LogP contribution in [0.25, 0.3) is 22.1 Å². The summed E-state index contributed by atoms with van der Waals surface area (Å²) in [4.78, 5) is 37.2. The van der Waals surface area contributed by atoms with Gasteiger partial charge in [-0.05, 0) is 75.1 Å². The van der Waals surface area contributed by atoms with Crippen LogP contribution in [0.3, 0.4) is 0 Å². The van der Waals surface area contributed by atoms with Crippen LogP contribution in [0, 0.1) is 5.92 Å². The number of fused-ring (bicyclic) bond motifs is 1.